The molecule has 3 heterocycles. The van der Waals surface area contributed by atoms with Crippen LogP contribution in [0.1, 0.15) is 0 Å². The molecule has 0 saturated heterocycles. The molecule has 0 amide bonds. The van der Waals surface area contributed by atoms with Crippen molar-refractivity contribution < 1.29 is 0 Å². The highest BCUT2D eigenvalue weighted by molar-refractivity contribution is 7.26. The molecule has 0 aliphatic rings. The van der Waals surface area contributed by atoms with Gasteiger partial charge >= 0.3 is 0 Å². The molecule has 12 aromatic rings. The van der Waals surface area contributed by atoms with E-state index in [0.717, 1.165) is 60.2 Å². The smallest absolute Gasteiger partial charge is 0.164 e. The number of hydrogen-bond acceptors (Lipinski definition) is 6. The summed E-state index contributed by atoms with van der Waals surface area (Å²) in [7, 11) is 0. The first-order valence-corrected chi connectivity index (χ1v) is 21.1. The number of aromatic nitrogens is 5. The van der Waals surface area contributed by atoms with Gasteiger partial charge in [-0.05, 0) is 73.8 Å². The van der Waals surface area contributed by atoms with Crippen LogP contribution in [0.15, 0.2) is 200 Å². The van der Waals surface area contributed by atoms with E-state index in [-0.39, 0.29) is 0 Å². The van der Waals surface area contributed by atoms with Crippen molar-refractivity contribution in [1.29, 1.82) is 0 Å². The molecule has 5 nitrogen and oxygen atoms in total. The lowest BCUT2D eigenvalue weighted by atomic mass is 9.91. The molecular weight excluding hydrogens is 763 g/mol. The standard InChI is InChI=1S/C55H33N5S/c1-4-16-34(17-5-1)49-51-50(46-26-14-15-27-48(46)61-51)57-54(56-49)39-30-38(37-28-29-45-43-24-11-10-22-41(43)42-23-12-13-25-44(42)47(45)33-37)31-40(32-39)55-59-52(35-18-6-2-7-19-35)58-53(60-55)36-20-8-3-9-21-36/h1-33H. The van der Waals surface area contributed by atoms with Crippen molar-refractivity contribution in [1.82, 2.24) is 24.9 Å². The van der Waals surface area contributed by atoms with Crippen molar-refractivity contribution in [3.05, 3.63) is 200 Å². The third kappa shape index (κ3) is 6.12. The molecule has 0 aliphatic heterocycles. The molecule has 9 aromatic carbocycles. The molecule has 61 heavy (non-hydrogen) atoms. The number of fused-ring (bicyclic) bond motifs is 9. The maximum atomic E-state index is 5.41. The molecule has 0 radical (unpaired) electrons. The molecule has 3 aromatic heterocycles. The summed E-state index contributed by atoms with van der Waals surface area (Å²) in [6.07, 6.45) is 0. The van der Waals surface area contributed by atoms with Gasteiger partial charge in [-0.2, -0.15) is 0 Å². The van der Waals surface area contributed by atoms with Crippen LogP contribution in [0.5, 0.6) is 0 Å². The van der Waals surface area contributed by atoms with E-state index in [1.165, 1.54) is 37.0 Å². The van der Waals surface area contributed by atoms with Gasteiger partial charge in [0.1, 0.15) is 0 Å². The first-order chi connectivity index (χ1) is 30.2. The summed E-state index contributed by atoms with van der Waals surface area (Å²) < 4.78 is 2.25. The highest BCUT2D eigenvalue weighted by Gasteiger charge is 2.20. The van der Waals surface area contributed by atoms with Crippen LogP contribution in [-0.2, 0) is 0 Å². The van der Waals surface area contributed by atoms with Gasteiger partial charge in [0.2, 0.25) is 0 Å². The summed E-state index contributed by atoms with van der Waals surface area (Å²) >= 11 is 1.74. The van der Waals surface area contributed by atoms with Gasteiger partial charge in [-0.15, -0.1) is 11.3 Å². The minimum Gasteiger partial charge on any atom is -0.226 e. The lowest BCUT2D eigenvalue weighted by molar-refractivity contribution is 1.07. The average molecular weight is 796 g/mol. The van der Waals surface area contributed by atoms with Crippen molar-refractivity contribution in [2.75, 3.05) is 0 Å². The summed E-state index contributed by atoms with van der Waals surface area (Å²) in [6.45, 7) is 0. The second-order valence-corrected chi connectivity index (χ2v) is 16.3. The predicted octanol–water partition coefficient (Wildman–Crippen LogP) is 14.5. The largest absolute Gasteiger partial charge is 0.226 e. The molecule has 0 aliphatic carbocycles. The van der Waals surface area contributed by atoms with Crippen LogP contribution in [0.25, 0.3) is 121 Å². The number of thiophene rings is 1. The van der Waals surface area contributed by atoms with E-state index >= 15 is 0 Å². The number of benzene rings is 9. The molecule has 12 rings (SSSR count). The van der Waals surface area contributed by atoms with Crippen molar-refractivity contribution >= 4 is 64.0 Å². The van der Waals surface area contributed by atoms with Gasteiger partial charge in [-0.3, -0.25) is 0 Å². The van der Waals surface area contributed by atoms with Gasteiger partial charge in [0.15, 0.2) is 23.3 Å². The molecule has 0 N–H and O–H groups in total. The van der Waals surface area contributed by atoms with E-state index in [1.807, 2.05) is 66.7 Å². The third-order valence-corrected chi connectivity index (χ3v) is 12.7. The van der Waals surface area contributed by atoms with Gasteiger partial charge in [-0.1, -0.05) is 170 Å². The monoisotopic (exact) mass is 795 g/mol. The Morgan fingerprint density at radius 2 is 0.689 bits per heavy atom. The van der Waals surface area contributed by atoms with Gasteiger partial charge < -0.3 is 0 Å². The maximum absolute atomic E-state index is 5.41. The zero-order valence-electron chi connectivity index (χ0n) is 32.7. The van der Waals surface area contributed by atoms with E-state index in [4.69, 9.17) is 24.9 Å². The fraction of sp³-hybridized carbons (Fsp3) is 0. The van der Waals surface area contributed by atoms with Gasteiger partial charge in [0.25, 0.3) is 0 Å². The summed E-state index contributed by atoms with van der Waals surface area (Å²) in [4.78, 5) is 26.2. The molecule has 6 heteroatoms. The molecule has 284 valence electrons. The number of rotatable bonds is 6. The van der Waals surface area contributed by atoms with Crippen molar-refractivity contribution in [3.63, 3.8) is 0 Å². The summed E-state index contributed by atoms with van der Waals surface area (Å²) in [6, 6.07) is 69.9. The Morgan fingerprint density at radius 3 is 1.26 bits per heavy atom. The zero-order chi connectivity index (χ0) is 40.3. The molecule has 0 bridgehead atoms. The summed E-state index contributed by atoms with van der Waals surface area (Å²) in [5.41, 5.74) is 8.52. The molecule has 0 unspecified atom stereocenters. The topological polar surface area (TPSA) is 64.5 Å². The van der Waals surface area contributed by atoms with Crippen LogP contribution < -0.4 is 0 Å². The van der Waals surface area contributed by atoms with Crippen LogP contribution in [0.3, 0.4) is 0 Å². The van der Waals surface area contributed by atoms with E-state index in [1.54, 1.807) is 11.3 Å². The van der Waals surface area contributed by atoms with Crippen LogP contribution in [0.4, 0.5) is 0 Å². The minimum absolute atomic E-state index is 0.568. The fourth-order valence-electron chi connectivity index (χ4n) is 8.59. The Morgan fingerprint density at radius 1 is 0.262 bits per heavy atom. The minimum atomic E-state index is 0.568. The molecule has 0 saturated carbocycles. The second kappa shape index (κ2) is 14.4. The Hall–Kier alpha value is -7.93. The van der Waals surface area contributed by atoms with Crippen LogP contribution in [0.2, 0.25) is 0 Å². The Labute approximate surface area is 355 Å². The lowest BCUT2D eigenvalue weighted by Crippen LogP contribution is -2.01. The molecular formula is C55H33N5S. The van der Waals surface area contributed by atoms with Crippen molar-refractivity contribution in [2.24, 2.45) is 0 Å². The zero-order valence-corrected chi connectivity index (χ0v) is 33.5. The lowest BCUT2D eigenvalue weighted by Gasteiger charge is -2.14. The molecule has 0 spiro atoms. The Bertz CT molecular complexity index is 3550. The Balaban J connectivity index is 1.14. The number of nitrogens with zero attached hydrogens (tertiary/aromatic N) is 5. The van der Waals surface area contributed by atoms with E-state index in [9.17, 15) is 0 Å². The van der Waals surface area contributed by atoms with Crippen LogP contribution in [0, 0.1) is 0 Å². The molecule has 0 fully saturated rings. The summed E-state index contributed by atoms with van der Waals surface area (Å²) in [5, 5.41) is 8.49. The van der Waals surface area contributed by atoms with Gasteiger partial charge in [-0.25, -0.2) is 24.9 Å². The van der Waals surface area contributed by atoms with Gasteiger partial charge in [0, 0.05) is 37.9 Å². The van der Waals surface area contributed by atoms with E-state index in [0.29, 0.717) is 23.3 Å². The van der Waals surface area contributed by atoms with Gasteiger partial charge in [0.05, 0.1) is 15.9 Å². The first kappa shape index (κ1) is 35.1. The second-order valence-electron chi connectivity index (χ2n) is 15.2. The maximum Gasteiger partial charge on any atom is 0.164 e. The fourth-order valence-corrected chi connectivity index (χ4v) is 9.74. The van der Waals surface area contributed by atoms with Crippen LogP contribution in [-0.4, -0.2) is 24.9 Å². The highest BCUT2D eigenvalue weighted by Crippen LogP contribution is 2.42. The summed E-state index contributed by atoms with van der Waals surface area (Å²) in [5.74, 6) is 2.41. The number of hydrogen-bond donors (Lipinski definition) is 0. The first-order valence-electron chi connectivity index (χ1n) is 20.3. The van der Waals surface area contributed by atoms with Crippen molar-refractivity contribution in [2.45, 2.75) is 0 Å². The van der Waals surface area contributed by atoms with E-state index < -0.39 is 0 Å². The molecule has 0 atom stereocenters. The predicted molar refractivity (Wildman–Crippen MR) is 253 cm³/mol. The highest BCUT2D eigenvalue weighted by atomic mass is 32.1. The van der Waals surface area contributed by atoms with Crippen molar-refractivity contribution in [3.8, 4) is 67.9 Å². The van der Waals surface area contributed by atoms with Crippen LogP contribution >= 0.6 is 11.3 Å². The average Bonchev–Trinajstić information content (AvgIpc) is 3.73. The quantitative estimate of drug-likeness (QED) is 0.157. The normalized spacial score (nSPS) is 11.6. The third-order valence-electron chi connectivity index (χ3n) is 11.5. The Kier molecular flexibility index (Phi) is 8.28. The SMILES string of the molecule is c1ccc(-c2nc(-c3ccccc3)nc(-c3cc(-c4ccc5c6ccccc6c6ccccc6c5c4)cc(-c4nc(-c5ccccc5)c5sc6ccccc6c5n4)c3)n2)cc1. The van der Waals surface area contributed by atoms with E-state index in [2.05, 4.69) is 133 Å².